The minimum Gasteiger partial charge on any atom is -0.497 e. The van der Waals surface area contributed by atoms with Crippen molar-refractivity contribution in [2.45, 2.75) is 26.2 Å². The van der Waals surface area contributed by atoms with Crippen LogP contribution < -0.4 is 4.74 Å². The molecule has 7 nitrogen and oxygen atoms in total. The van der Waals surface area contributed by atoms with Crippen LogP contribution in [0.5, 0.6) is 5.75 Å². The van der Waals surface area contributed by atoms with Crippen LogP contribution in [0.15, 0.2) is 81.6 Å². The summed E-state index contributed by atoms with van der Waals surface area (Å²) in [7, 11) is 1.62. The van der Waals surface area contributed by atoms with Crippen LogP contribution in [0.4, 0.5) is 0 Å². The van der Waals surface area contributed by atoms with Gasteiger partial charge in [-0.25, -0.2) is 0 Å². The van der Waals surface area contributed by atoms with Gasteiger partial charge in [0.25, 0.3) is 0 Å². The summed E-state index contributed by atoms with van der Waals surface area (Å²) in [6.45, 7) is 6.55. The molecule has 0 spiro atoms. The Morgan fingerprint density at radius 1 is 0.588 bits per heavy atom. The summed E-state index contributed by atoms with van der Waals surface area (Å²) in [5, 5.41) is 16.8. The minimum atomic E-state index is 0.0906. The van der Waals surface area contributed by atoms with E-state index >= 15 is 0 Å². The summed E-state index contributed by atoms with van der Waals surface area (Å²) in [6.07, 6.45) is 0. The van der Waals surface area contributed by atoms with Crippen molar-refractivity contribution in [3.63, 3.8) is 0 Å². The Labute approximate surface area is 197 Å². The van der Waals surface area contributed by atoms with E-state index in [-0.39, 0.29) is 5.41 Å². The first-order valence-corrected chi connectivity index (χ1v) is 10.9. The van der Waals surface area contributed by atoms with Crippen molar-refractivity contribution in [2.24, 2.45) is 0 Å². The van der Waals surface area contributed by atoms with Gasteiger partial charge in [-0.15, -0.1) is 20.4 Å². The van der Waals surface area contributed by atoms with Crippen molar-refractivity contribution >= 4 is 0 Å². The number of hydrogen-bond donors (Lipinski definition) is 0. The van der Waals surface area contributed by atoms with Crippen LogP contribution in [0.1, 0.15) is 26.3 Å². The van der Waals surface area contributed by atoms with E-state index in [4.69, 9.17) is 13.6 Å². The van der Waals surface area contributed by atoms with Crippen LogP contribution in [-0.4, -0.2) is 27.5 Å². The summed E-state index contributed by atoms with van der Waals surface area (Å²) >= 11 is 0. The van der Waals surface area contributed by atoms with E-state index in [2.05, 4.69) is 53.3 Å². The number of ether oxygens (including phenoxy) is 1. The zero-order valence-corrected chi connectivity index (χ0v) is 19.4. The van der Waals surface area contributed by atoms with Gasteiger partial charge in [-0.2, -0.15) is 0 Å². The molecule has 0 aliphatic rings. The summed E-state index contributed by atoms with van der Waals surface area (Å²) < 4.78 is 17.1. The molecular formula is C27H24N4O3. The highest BCUT2D eigenvalue weighted by atomic mass is 16.5. The first-order chi connectivity index (χ1) is 16.4. The number of methoxy groups -OCH3 is 1. The van der Waals surface area contributed by atoms with Crippen molar-refractivity contribution in [1.82, 2.24) is 20.4 Å². The van der Waals surface area contributed by atoms with Gasteiger partial charge in [-0.3, -0.25) is 0 Å². The van der Waals surface area contributed by atoms with Crippen LogP contribution in [0.3, 0.4) is 0 Å². The molecule has 0 aliphatic heterocycles. The summed E-state index contributed by atoms with van der Waals surface area (Å²) in [5.74, 6) is 2.51. The lowest BCUT2D eigenvalue weighted by Crippen LogP contribution is -2.10. The molecule has 7 heteroatoms. The molecule has 0 saturated carbocycles. The fourth-order valence-corrected chi connectivity index (χ4v) is 3.54. The Kier molecular flexibility index (Phi) is 5.45. The second-order valence-corrected chi connectivity index (χ2v) is 8.96. The molecule has 0 N–H and O–H groups in total. The Morgan fingerprint density at radius 2 is 1.03 bits per heavy atom. The van der Waals surface area contributed by atoms with E-state index in [0.29, 0.717) is 23.6 Å². The Hall–Kier alpha value is -4.26. The quantitative estimate of drug-likeness (QED) is 0.304. The van der Waals surface area contributed by atoms with Crippen LogP contribution in [-0.2, 0) is 5.41 Å². The lowest BCUT2D eigenvalue weighted by molar-refractivity contribution is 0.415. The summed E-state index contributed by atoms with van der Waals surface area (Å²) in [4.78, 5) is 0. The second-order valence-electron chi connectivity index (χ2n) is 8.96. The minimum absolute atomic E-state index is 0.0906. The van der Waals surface area contributed by atoms with Crippen molar-refractivity contribution in [2.75, 3.05) is 7.11 Å². The van der Waals surface area contributed by atoms with E-state index in [1.807, 2.05) is 60.7 Å². The molecule has 2 aromatic heterocycles. The third-order valence-corrected chi connectivity index (χ3v) is 5.54. The first-order valence-electron chi connectivity index (χ1n) is 10.9. The maximum absolute atomic E-state index is 5.93. The van der Waals surface area contributed by atoms with Gasteiger partial charge < -0.3 is 13.6 Å². The molecule has 0 amide bonds. The molecular weight excluding hydrogens is 428 g/mol. The first kappa shape index (κ1) is 21.6. The average molecular weight is 453 g/mol. The fraction of sp³-hybridized carbons (Fsp3) is 0.185. The predicted octanol–water partition coefficient (Wildman–Crippen LogP) is 6.43. The molecule has 3 aromatic carbocycles. The van der Waals surface area contributed by atoms with E-state index in [0.717, 1.165) is 28.0 Å². The highest BCUT2D eigenvalue weighted by molar-refractivity contribution is 5.64. The Bertz CT molecular complexity index is 1410. The topological polar surface area (TPSA) is 87.1 Å². The summed E-state index contributed by atoms with van der Waals surface area (Å²) in [6, 6.07) is 23.3. The third-order valence-electron chi connectivity index (χ3n) is 5.54. The van der Waals surface area contributed by atoms with Crippen molar-refractivity contribution in [3.05, 3.63) is 78.4 Å². The van der Waals surface area contributed by atoms with Crippen LogP contribution in [0.2, 0.25) is 0 Å². The van der Waals surface area contributed by atoms with Crippen molar-refractivity contribution in [3.8, 4) is 51.6 Å². The highest BCUT2D eigenvalue weighted by Gasteiger charge is 2.16. The zero-order chi connectivity index (χ0) is 23.7. The molecule has 2 heterocycles. The van der Waals surface area contributed by atoms with Gasteiger partial charge in [0.1, 0.15) is 5.75 Å². The number of aromatic nitrogens is 4. The normalized spacial score (nSPS) is 11.5. The third kappa shape index (κ3) is 4.32. The zero-order valence-electron chi connectivity index (χ0n) is 19.4. The van der Waals surface area contributed by atoms with Gasteiger partial charge in [-0.1, -0.05) is 39.0 Å². The maximum atomic E-state index is 5.93. The number of rotatable bonds is 5. The van der Waals surface area contributed by atoms with Crippen molar-refractivity contribution in [1.29, 1.82) is 0 Å². The smallest absolute Gasteiger partial charge is 0.248 e. The van der Waals surface area contributed by atoms with Crippen LogP contribution >= 0.6 is 0 Å². The maximum Gasteiger partial charge on any atom is 0.248 e. The molecule has 5 aromatic rings. The van der Waals surface area contributed by atoms with Gasteiger partial charge in [-0.05, 0) is 65.6 Å². The van der Waals surface area contributed by atoms with Crippen LogP contribution in [0, 0.1) is 0 Å². The Balaban J connectivity index is 1.34. The predicted molar refractivity (Wildman–Crippen MR) is 129 cm³/mol. The SMILES string of the molecule is COc1cccc(-c2nnc(-c3ccc(-c4nnc(-c5ccc(C(C)(C)C)cc5)o4)cc3)o2)c1. The lowest BCUT2D eigenvalue weighted by Gasteiger charge is -2.18. The fourth-order valence-electron chi connectivity index (χ4n) is 3.54. The Morgan fingerprint density at radius 3 is 1.47 bits per heavy atom. The van der Waals surface area contributed by atoms with Gasteiger partial charge in [0.2, 0.25) is 23.6 Å². The molecule has 0 bridgehead atoms. The summed E-state index contributed by atoms with van der Waals surface area (Å²) in [5.41, 5.74) is 4.63. The van der Waals surface area contributed by atoms with E-state index < -0.39 is 0 Å². The monoisotopic (exact) mass is 452 g/mol. The number of hydrogen-bond acceptors (Lipinski definition) is 7. The van der Waals surface area contributed by atoms with Gasteiger partial charge in [0.15, 0.2) is 0 Å². The average Bonchev–Trinajstić information content (AvgIpc) is 3.54. The second kappa shape index (κ2) is 8.59. The number of benzene rings is 3. The van der Waals surface area contributed by atoms with E-state index in [1.165, 1.54) is 5.56 Å². The lowest BCUT2D eigenvalue weighted by atomic mass is 9.87. The highest BCUT2D eigenvalue weighted by Crippen LogP contribution is 2.30. The van der Waals surface area contributed by atoms with Gasteiger partial charge >= 0.3 is 0 Å². The molecule has 0 unspecified atom stereocenters. The molecule has 34 heavy (non-hydrogen) atoms. The standard InChI is InChI=1S/C27H24N4O3/c1-27(2,3)21-14-12-19(13-15-21)25-29-28-23(33-25)17-8-10-18(11-9-17)24-30-31-26(34-24)20-6-5-7-22(16-20)32-4/h5-16H,1-4H3. The van der Waals surface area contributed by atoms with Gasteiger partial charge in [0, 0.05) is 22.3 Å². The van der Waals surface area contributed by atoms with Crippen LogP contribution in [0.25, 0.3) is 45.8 Å². The largest absolute Gasteiger partial charge is 0.497 e. The molecule has 5 rings (SSSR count). The molecule has 0 atom stereocenters. The van der Waals surface area contributed by atoms with E-state index in [1.54, 1.807) is 7.11 Å². The molecule has 0 aliphatic carbocycles. The van der Waals surface area contributed by atoms with Gasteiger partial charge in [0.05, 0.1) is 7.11 Å². The molecule has 0 fully saturated rings. The molecule has 0 saturated heterocycles. The van der Waals surface area contributed by atoms with E-state index in [9.17, 15) is 0 Å². The molecule has 170 valence electrons. The number of nitrogens with zero attached hydrogens (tertiary/aromatic N) is 4. The van der Waals surface area contributed by atoms with Crippen molar-refractivity contribution < 1.29 is 13.6 Å². The molecule has 0 radical (unpaired) electrons.